The summed E-state index contributed by atoms with van der Waals surface area (Å²) >= 11 is 0. The average molecular weight is 470 g/mol. The summed E-state index contributed by atoms with van der Waals surface area (Å²) in [5, 5.41) is 2.74. The van der Waals surface area contributed by atoms with E-state index in [1.165, 1.54) is 24.3 Å². The van der Waals surface area contributed by atoms with Crippen LogP contribution in [0.5, 0.6) is 0 Å². The Morgan fingerprint density at radius 2 is 1.58 bits per heavy atom. The van der Waals surface area contributed by atoms with Crippen molar-refractivity contribution in [2.75, 3.05) is 47.4 Å². The van der Waals surface area contributed by atoms with E-state index in [9.17, 15) is 17.6 Å². The number of benzene rings is 3. The van der Waals surface area contributed by atoms with Gasteiger partial charge in [-0.1, -0.05) is 18.2 Å². The van der Waals surface area contributed by atoms with Crippen LogP contribution in [0.25, 0.3) is 0 Å². The molecule has 1 amide bonds. The molecule has 3 aromatic rings. The van der Waals surface area contributed by atoms with Crippen molar-refractivity contribution in [3.05, 3.63) is 84.7 Å². The molecule has 3 aromatic carbocycles. The fourth-order valence-electron chi connectivity index (χ4n) is 3.55. The first-order valence-electron chi connectivity index (χ1n) is 10.5. The molecule has 172 valence electrons. The van der Waals surface area contributed by atoms with Crippen molar-refractivity contribution in [2.45, 2.75) is 4.90 Å². The molecule has 1 N–H and O–H groups in total. The molecule has 4 rings (SSSR count). The number of hydrogen-bond acceptors (Lipinski definition) is 5. The maximum Gasteiger partial charge on any atom is 0.264 e. The molecule has 33 heavy (non-hydrogen) atoms. The maximum absolute atomic E-state index is 13.4. The number of sulfonamides is 1. The van der Waals surface area contributed by atoms with Gasteiger partial charge >= 0.3 is 0 Å². The first-order valence-corrected chi connectivity index (χ1v) is 11.9. The number of nitrogens with one attached hydrogen (secondary N) is 1. The monoisotopic (exact) mass is 469 g/mol. The molecular weight excluding hydrogens is 445 g/mol. The zero-order valence-electron chi connectivity index (χ0n) is 17.9. The number of nitrogens with zero attached hydrogens (tertiary/aromatic N) is 2. The molecule has 0 saturated carbocycles. The highest BCUT2D eigenvalue weighted by Gasteiger charge is 2.27. The molecule has 1 heterocycles. The zero-order chi connectivity index (χ0) is 23.3. The van der Waals surface area contributed by atoms with E-state index in [2.05, 4.69) is 10.2 Å². The minimum absolute atomic E-state index is 0.0389. The van der Waals surface area contributed by atoms with Crippen molar-refractivity contribution in [3.8, 4) is 0 Å². The summed E-state index contributed by atoms with van der Waals surface area (Å²) in [4.78, 5) is 15.0. The van der Waals surface area contributed by atoms with Crippen LogP contribution < -0.4 is 14.5 Å². The summed E-state index contributed by atoms with van der Waals surface area (Å²) in [7, 11) is -4.04. The highest BCUT2D eigenvalue weighted by Crippen LogP contribution is 2.24. The molecule has 9 heteroatoms. The number of halogens is 1. The molecule has 1 fully saturated rings. The number of hydrogen-bond donors (Lipinski definition) is 1. The third kappa shape index (κ3) is 5.50. The van der Waals surface area contributed by atoms with Gasteiger partial charge in [-0.25, -0.2) is 12.8 Å². The summed E-state index contributed by atoms with van der Waals surface area (Å²) in [6.07, 6.45) is 0. The fourth-order valence-corrected chi connectivity index (χ4v) is 4.99. The quantitative estimate of drug-likeness (QED) is 0.573. The van der Waals surface area contributed by atoms with Gasteiger partial charge in [-0.05, 0) is 60.7 Å². The Balaban J connectivity index is 1.52. The highest BCUT2D eigenvalue weighted by atomic mass is 32.2. The molecule has 0 radical (unpaired) electrons. The lowest BCUT2D eigenvalue weighted by Crippen LogP contribution is -2.38. The third-order valence-electron chi connectivity index (χ3n) is 5.26. The van der Waals surface area contributed by atoms with Crippen molar-refractivity contribution >= 4 is 33.0 Å². The molecule has 1 saturated heterocycles. The largest absolute Gasteiger partial charge is 0.378 e. The van der Waals surface area contributed by atoms with Crippen molar-refractivity contribution in [1.82, 2.24) is 0 Å². The Bertz CT molecular complexity index is 1180. The molecular formula is C24H24FN3O4S. The highest BCUT2D eigenvalue weighted by molar-refractivity contribution is 7.92. The van der Waals surface area contributed by atoms with Gasteiger partial charge in [0.1, 0.15) is 12.4 Å². The van der Waals surface area contributed by atoms with Gasteiger partial charge in [-0.15, -0.1) is 0 Å². The molecule has 1 aliphatic heterocycles. The first kappa shape index (κ1) is 22.8. The van der Waals surface area contributed by atoms with Crippen LogP contribution in [0.1, 0.15) is 0 Å². The predicted octanol–water partition coefficient (Wildman–Crippen LogP) is 3.50. The van der Waals surface area contributed by atoms with Gasteiger partial charge in [-0.3, -0.25) is 9.10 Å². The van der Waals surface area contributed by atoms with E-state index >= 15 is 0 Å². The van der Waals surface area contributed by atoms with Crippen LogP contribution in [0.4, 0.5) is 21.5 Å². The molecule has 7 nitrogen and oxygen atoms in total. The number of ether oxygens (including phenoxy) is 1. The van der Waals surface area contributed by atoms with Gasteiger partial charge < -0.3 is 15.0 Å². The summed E-state index contributed by atoms with van der Waals surface area (Å²) in [6, 6.07) is 20.1. The van der Waals surface area contributed by atoms with Crippen molar-refractivity contribution in [3.63, 3.8) is 0 Å². The minimum Gasteiger partial charge on any atom is -0.378 e. The summed E-state index contributed by atoms with van der Waals surface area (Å²) in [6.45, 7) is 2.49. The Morgan fingerprint density at radius 3 is 2.21 bits per heavy atom. The lowest BCUT2D eigenvalue weighted by atomic mass is 10.2. The lowest BCUT2D eigenvalue weighted by Gasteiger charge is -2.29. The topological polar surface area (TPSA) is 79.0 Å². The molecule has 0 bridgehead atoms. The van der Waals surface area contributed by atoms with Crippen LogP contribution in [0.3, 0.4) is 0 Å². The van der Waals surface area contributed by atoms with E-state index in [0.717, 1.165) is 35.2 Å². The molecule has 0 atom stereocenters. The molecule has 0 unspecified atom stereocenters. The fraction of sp³-hybridized carbons (Fsp3) is 0.208. The average Bonchev–Trinajstić information content (AvgIpc) is 2.85. The van der Waals surface area contributed by atoms with Crippen LogP contribution in [-0.4, -0.2) is 47.2 Å². The summed E-state index contributed by atoms with van der Waals surface area (Å²) < 4.78 is 46.3. The zero-order valence-corrected chi connectivity index (χ0v) is 18.7. The minimum atomic E-state index is -4.04. The normalized spacial score (nSPS) is 14.0. The Labute approximate surface area is 192 Å². The first-order chi connectivity index (χ1) is 15.9. The molecule has 1 aliphatic rings. The lowest BCUT2D eigenvalue weighted by molar-refractivity contribution is -0.114. The van der Waals surface area contributed by atoms with Crippen molar-refractivity contribution in [2.24, 2.45) is 0 Å². The van der Waals surface area contributed by atoms with E-state index < -0.39 is 28.3 Å². The standard InChI is InChI=1S/C24H24FN3O4S/c25-19-6-10-22(11-7-19)28(33(30,31)23-4-2-1-3-5-23)18-24(29)26-20-8-12-21(13-9-20)27-14-16-32-17-15-27/h1-13H,14-18H2,(H,26,29). The smallest absolute Gasteiger partial charge is 0.264 e. The number of anilines is 3. The number of carbonyl (C=O) groups excluding carboxylic acids is 1. The Kier molecular flexibility index (Phi) is 6.90. The van der Waals surface area contributed by atoms with Crippen LogP contribution in [0.2, 0.25) is 0 Å². The van der Waals surface area contributed by atoms with E-state index in [4.69, 9.17) is 4.74 Å². The predicted molar refractivity (Wildman–Crippen MR) is 125 cm³/mol. The second-order valence-corrected chi connectivity index (χ2v) is 9.36. The number of carbonyl (C=O) groups is 1. The van der Waals surface area contributed by atoms with Crippen molar-refractivity contribution in [1.29, 1.82) is 0 Å². The van der Waals surface area contributed by atoms with Crippen LogP contribution in [-0.2, 0) is 19.6 Å². The van der Waals surface area contributed by atoms with E-state index in [0.29, 0.717) is 18.9 Å². The van der Waals surface area contributed by atoms with Gasteiger partial charge in [-0.2, -0.15) is 0 Å². The third-order valence-corrected chi connectivity index (χ3v) is 7.05. The Morgan fingerprint density at radius 1 is 0.939 bits per heavy atom. The van der Waals surface area contributed by atoms with Crippen LogP contribution >= 0.6 is 0 Å². The Hall–Kier alpha value is -3.43. The number of rotatable bonds is 7. The van der Waals surface area contributed by atoms with Gasteiger partial charge in [0, 0.05) is 24.5 Å². The number of morpholine rings is 1. The summed E-state index contributed by atoms with van der Waals surface area (Å²) in [5.41, 5.74) is 1.77. The van der Waals surface area contributed by atoms with Gasteiger partial charge in [0.25, 0.3) is 10.0 Å². The van der Waals surface area contributed by atoms with Gasteiger partial charge in [0.05, 0.1) is 23.8 Å². The van der Waals surface area contributed by atoms with E-state index in [-0.39, 0.29) is 10.6 Å². The summed E-state index contributed by atoms with van der Waals surface area (Å²) in [5.74, 6) is -1.02. The SMILES string of the molecule is O=C(CN(c1ccc(F)cc1)S(=O)(=O)c1ccccc1)Nc1ccc(N2CCOCC2)cc1. The second kappa shape index (κ2) is 10.0. The van der Waals surface area contributed by atoms with E-state index in [1.807, 2.05) is 12.1 Å². The van der Waals surface area contributed by atoms with Gasteiger partial charge in [0.15, 0.2) is 0 Å². The second-order valence-electron chi connectivity index (χ2n) is 7.50. The van der Waals surface area contributed by atoms with Crippen LogP contribution in [0.15, 0.2) is 83.8 Å². The van der Waals surface area contributed by atoms with E-state index in [1.54, 1.807) is 30.3 Å². The maximum atomic E-state index is 13.4. The molecule has 0 spiro atoms. The van der Waals surface area contributed by atoms with Crippen LogP contribution in [0, 0.1) is 5.82 Å². The van der Waals surface area contributed by atoms with Gasteiger partial charge in [0.2, 0.25) is 5.91 Å². The molecule has 0 aromatic heterocycles. The number of amides is 1. The van der Waals surface area contributed by atoms with Crippen molar-refractivity contribution < 1.29 is 22.3 Å². The molecule has 0 aliphatic carbocycles.